The van der Waals surface area contributed by atoms with E-state index < -0.39 is 0 Å². The minimum atomic E-state index is -0.102. The van der Waals surface area contributed by atoms with Crippen molar-refractivity contribution in [2.24, 2.45) is 0 Å². The van der Waals surface area contributed by atoms with Crippen LogP contribution in [0.15, 0.2) is 60.4 Å². The molecule has 0 amide bonds. The molecule has 174 valence electrons. The molecule has 2 aliphatic heterocycles. The van der Waals surface area contributed by atoms with Crippen LogP contribution in [0.1, 0.15) is 39.5 Å². The van der Waals surface area contributed by atoms with Gasteiger partial charge in [-0.15, -0.1) is 0 Å². The van der Waals surface area contributed by atoms with Gasteiger partial charge >= 0.3 is 0 Å². The van der Waals surface area contributed by atoms with E-state index in [1.165, 1.54) is 5.56 Å². The first-order valence-corrected chi connectivity index (χ1v) is 11.3. The topological polar surface area (TPSA) is 57.2 Å². The zero-order chi connectivity index (χ0) is 23.7. The van der Waals surface area contributed by atoms with Crippen molar-refractivity contribution < 1.29 is 23.7 Å². The number of ether oxygens (including phenoxy) is 4. The SMILES string of the molecule is CCc1ccc(/C=C2\Oc3c(ccc4c3CN(Cc3ccc(OC)c(OC)c3)CO4)C2=O)cc1. The summed E-state index contributed by atoms with van der Waals surface area (Å²) in [6.07, 6.45) is 2.78. The first-order valence-electron chi connectivity index (χ1n) is 11.3. The predicted octanol–water partition coefficient (Wildman–Crippen LogP) is 5.23. The zero-order valence-electron chi connectivity index (χ0n) is 19.6. The number of rotatable bonds is 6. The van der Waals surface area contributed by atoms with Crippen molar-refractivity contribution in [2.75, 3.05) is 21.0 Å². The van der Waals surface area contributed by atoms with E-state index in [0.29, 0.717) is 48.4 Å². The summed E-state index contributed by atoms with van der Waals surface area (Å²) in [4.78, 5) is 15.2. The molecule has 0 bridgehead atoms. The number of ketones is 1. The van der Waals surface area contributed by atoms with Crippen molar-refractivity contribution in [1.29, 1.82) is 0 Å². The second-order valence-corrected chi connectivity index (χ2v) is 8.40. The lowest BCUT2D eigenvalue weighted by Gasteiger charge is -2.29. The molecule has 0 spiro atoms. The molecule has 2 heterocycles. The summed E-state index contributed by atoms with van der Waals surface area (Å²) in [5, 5.41) is 0. The van der Waals surface area contributed by atoms with Gasteiger partial charge in [-0.3, -0.25) is 9.69 Å². The van der Waals surface area contributed by atoms with Crippen molar-refractivity contribution in [3.05, 3.63) is 88.2 Å². The summed E-state index contributed by atoms with van der Waals surface area (Å²) in [6, 6.07) is 17.7. The Bertz CT molecular complexity index is 1260. The number of hydrogen-bond donors (Lipinski definition) is 0. The lowest BCUT2D eigenvalue weighted by molar-refractivity contribution is 0.0872. The lowest BCUT2D eigenvalue weighted by Crippen LogP contribution is -2.31. The van der Waals surface area contributed by atoms with E-state index in [1.807, 2.05) is 36.4 Å². The predicted molar refractivity (Wildman–Crippen MR) is 129 cm³/mol. The van der Waals surface area contributed by atoms with Crippen LogP contribution in [0.4, 0.5) is 0 Å². The van der Waals surface area contributed by atoms with E-state index in [1.54, 1.807) is 26.4 Å². The Kier molecular flexibility index (Phi) is 5.99. The van der Waals surface area contributed by atoms with E-state index in [0.717, 1.165) is 28.9 Å². The molecule has 6 nitrogen and oxygen atoms in total. The normalized spacial score (nSPS) is 16.0. The molecule has 2 aliphatic rings. The third kappa shape index (κ3) is 4.13. The van der Waals surface area contributed by atoms with Gasteiger partial charge in [0.05, 0.1) is 25.3 Å². The first kappa shape index (κ1) is 22.0. The lowest BCUT2D eigenvalue weighted by atomic mass is 10.0. The summed E-state index contributed by atoms with van der Waals surface area (Å²) in [6.45, 7) is 3.83. The van der Waals surface area contributed by atoms with Gasteiger partial charge in [0, 0.05) is 13.1 Å². The summed E-state index contributed by atoms with van der Waals surface area (Å²) in [5.41, 5.74) is 4.73. The van der Waals surface area contributed by atoms with Crippen molar-refractivity contribution in [3.8, 4) is 23.0 Å². The maximum atomic E-state index is 13.0. The Labute approximate surface area is 199 Å². The molecule has 0 aromatic heterocycles. The highest BCUT2D eigenvalue weighted by Crippen LogP contribution is 2.42. The highest BCUT2D eigenvalue weighted by molar-refractivity contribution is 6.15. The van der Waals surface area contributed by atoms with Crippen LogP contribution >= 0.6 is 0 Å². The average molecular weight is 458 g/mol. The minimum Gasteiger partial charge on any atom is -0.493 e. The van der Waals surface area contributed by atoms with Crippen molar-refractivity contribution in [2.45, 2.75) is 26.4 Å². The number of carbonyl (C=O) groups is 1. The van der Waals surface area contributed by atoms with Crippen LogP contribution in [0, 0.1) is 0 Å². The summed E-state index contributed by atoms with van der Waals surface area (Å²) >= 11 is 0. The first-order chi connectivity index (χ1) is 16.6. The van der Waals surface area contributed by atoms with Gasteiger partial charge in [-0.2, -0.15) is 0 Å². The van der Waals surface area contributed by atoms with Crippen LogP contribution in [0.2, 0.25) is 0 Å². The highest BCUT2D eigenvalue weighted by atomic mass is 16.5. The molecular formula is C28H27NO5. The molecule has 0 fully saturated rings. The summed E-state index contributed by atoms with van der Waals surface area (Å²) in [5.74, 6) is 2.97. The molecule has 3 aromatic carbocycles. The monoisotopic (exact) mass is 457 g/mol. The number of hydrogen-bond acceptors (Lipinski definition) is 6. The molecule has 0 unspecified atom stereocenters. The fourth-order valence-corrected chi connectivity index (χ4v) is 4.34. The Morgan fingerprint density at radius 1 is 0.971 bits per heavy atom. The molecule has 0 atom stereocenters. The molecule has 5 rings (SSSR count). The molecule has 34 heavy (non-hydrogen) atoms. The molecule has 0 saturated carbocycles. The molecule has 3 aromatic rings. The molecular weight excluding hydrogens is 430 g/mol. The number of allylic oxidation sites excluding steroid dienone is 1. The van der Waals surface area contributed by atoms with Crippen LogP contribution in [-0.4, -0.2) is 31.6 Å². The van der Waals surface area contributed by atoms with Gasteiger partial charge in [-0.05, 0) is 53.5 Å². The van der Waals surface area contributed by atoms with E-state index in [-0.39, 0.29) is 5.78 Å². The molecule has 0 N–H and O–H groups in total. The number of methoxy groups -OCH3 is 2. The smallest absolute Gasteiger partial charge is 0.231 e. The van der Waals surface area contributed by atoms with Gasteiger partial charge < -0.3 is 18.9 Å². The number of nitrogens with zero attached hydrogens (tertiary/aromatic N) is 1. The second kappa shape index (κ2) is 9.23. The third-order valence-electron chi connectivity index (χ3n) is 6.22. The van der Waals surface area contributed by atoms with E-state index in [9.17, 15) is 4.79 Å². The van der Waals surface area contributed by atoms with Crippen LogP contribution in [0.25, 0.3) is 6.08 Å². The van der Waals surface area contributed by atoms with Gasteiger partial charge in [0.15, 0.2) is 17.3 Å². The number of aryl methyl sites for hydroxylation is 1. The maximum absolute atomic E-state index is 13.0. The van der Waals surface area contributed by atoms with E-state index >= 15 is 0 Å². The molecule has 0 radical (unpaired) electrons. The third-order valence-corrected chi connectivity index (χ3v) is 6.22. The van der Waals surface area contributed by atoms with Crippen molar-refractivity contribution in [1.82, 2.24) is 4.90 Å². The van der Waals surface area contributed by atoms with Crippen LogP contribution in [0.5, 0.6) is 23.0 Å². The Hall–Kier alpha value is -3.77. The van der Waals surface area contributed by atoms with Gasteiger partial charge in [-0.25, -0.2) is 0 Å². The van der Waals surface area contributed by atoms with Crippen molar-refractivity contribution >= 4 is 11.9 Å². The highest BCUT2D eigenvalue weighted by Gasteiger charge is 2.33. The quantitative estimate of drug-likeness (QED) is 0.472. The average Bonchev–Trinajstić information content (AvgIpc) is 3.19. The number of carbonyl (C=O) groups excluding carboxylic acids is 1. The molecule has 6 heteroatoms. The second-order valence-electron chi connectivity index (χ2n) is 8.40. The van der Waals surface area contributed by atoms with Gasteiger partial charge in [0.2, 0.25) is 5.78 Å². The van der Waals surface area contributed by atoms with Crippen molar-refractivity contribution in [3.63, 3.8) is 0 Å². The molecule has 0 saturated heterocycles. The largest absolute Gasteiger partial charge is 0.493 e. The molecule has 0 aliphatic carbocycles. The van der Waals surface area contributed by atoms with Gasteiger partial charge in [-0.1, -0.05) is 37.3 Å². The van der Waals surface area contributed by atoms with Gasteiger partial charge in [0.1, 0.15) is 18.2 Å². The number of Topliss-reactive ketones (excluding diaryl/α,β-unsaturated/α-hetero) is 1. The van der Waals surface area contributed by atoms with Crippen LogP contribution in [-0.2, 0) is 19.5 Å². The van der Waals surface area contributed by atoms with Crippen LogP contribution in [0.3, 0.4) is 0 Å². The van der Waals surface area contributed by atoms with E-state index in [2.05, 4.69) is 24.0 Å². The van der Waals surface area contributed by atoms with Crippen LogP contribution < -0.4 is 18.9 Å². The zero-order valence-corrected chi connectivity index (χ0v) is 19.6. The standard InChI is InChI=1S/C28H27NO5/c1-4-18-5-7-19(8-6-18)13-26-27(30)21-10-12-23-22(28(21)34-26)16-29(17-33-23)15-20-9-11-24(31-2)25(14-20)32-3/h5-14H,4,15-17H2,1-3H3/b26-13-. The number of benzene rings is 3. The number of fused-ring (bicyclic) bond motifs is 3. The Morgan fingerprint density at radius 3 is 2.47 bits per heavy atom. The maximum Gasteiger partial charge on any atom is 0.231 e. The summed E-state index contributed by atoms with van der Waals surface area (Å²) in [7, 11) is 3.25. The fraction of sp³-hybridized carbons (Fsp3) is 0.250. The fourth-order valence-electron chi connectivity index (χ4n) is 4.34. The Morgan fingerprint density at radius 2 is 1.74 bits per heavy atom. The van der Waals surface area contributed by atoms with E-state index in [4.69, 9.17) is 18.9 Å². The minimum absolute atomic E-state index is 0.102. The Balaban J connectivity index is 1.38. The van der Waals surface area contributed by atoms with Gasteiger partial charge in [0.25, 0.3) is 0 Å². The summed E-state index contributed by atoms with van der Waals surface area (Å²) < 4.78 is 22.9.